The van der Waals surface area contributed by atoms with Crippen LogP contribution in [0.1, 0.15) is 18.1 Å². The number of fused-ring (bicyclic) bond motifs is 1. The Labute approximate surface area is 148 Å². The summed E-state index contributed by atoms with van der Waals surface area (Å²) in [4.78, 5) is 26.5. The van der Waals surface area contributed by atoms with Gasteiger partial charge in [-0.3, -0.25) is 9.59 Å². The van der Waals surface area contributed by atoms with Crippen molar-refractivity contribution in [1.82, 2.24) is 15.5 Å². The predicted molar refractivity (Wildman–Crippen MR) is 93.0 cm³/mol. The Hall–Kier alpha value is -1.63. The van der Waals surface area contributed by atoms with Crippen molar-refractivity contribution in [3.8, 4) is 0 Å². The fourth-order valence-corrected chi connectivity index (χ4v) is 3.07. The van der Waals surface area contributed by atoms with Crippen LogP contribution >= 0.6 is 12.4 Å². The number of morpholine rings is 1. The highest BCUT2D eigenvalue weighted by molar-refractivity contribution is 5.89. The second kappa shape index (κ2) is 8.46. The minimum absolute atomic E-state index is 0. The summed E-state index contributed by atoms with van der Waals surface area (Å²) in [7, 11) is 0. The van der Waals surface area contributed by atoms with E-state index in [1.165, 1.54) is 11.1 Å². The van der Waals surface area contributed by atoms with Gasteiger partial charge in [0.05, 0.1) is 19.3 Å². The normalized spacial score (nSPS) is 21.2. The fraction of sp³-hybridized carbons (Fsp3) is 0.529. The number of rotatable bonds is 3. The first kappa shape index (κ1) is 18.7. The van der Waals surface area contributed by atoms with Crippen molar-refractivity contribution in [1.29, 1.82) is 0 Å². The minimum atomic E-state index is -0.514. The summed E-state index contributed by atoms with van der Waals surface area (Å²) in [6.07, 6.45) is 0.653. The first-order valence-electron chi connectivity index (χ1n) is 8.12. The highest BCUT2D eigenvalue weighted by atomic mass is 35.5. The summed E-state index contributed by atoms with van der Waals surface area (Å²) in [5.74, 6) is -0.161. The van der Waals surface area contributed by atoms with Crippen molar-refractivity contribution in [2.45, 2.75) is 32.0 Å². The minimum Gasteiger partial charge on any atom is -0.378 e. The molecule has 24 heavy (non-hydrogen) atoms. The number of carbonyl (C=O) groups excluding carboxylic acids is 2. The molecule has 1 aromatic rings. The molecule has 2 atom stereocenters. The maximum absolute atomic E-state index is 12.4. The molecule has 0 aromatic heterocycles. The van der Waals surface area contributed by atoms with E-state index < -0.39 is 6.04 Å². The third kappa shape index (κ3) is 4.26. The Morgan fingerprint density at radius 3 is 2.62 bits per heavy atom. The molecule has 6 nitrogen and oxygen atoms in total. The van der Waals surface area contributed by atoms with Gasteiger partial charge in [0.15, 0.2) is 0 Å². The summed E-state index contributed by atoms with van der Waals surface area (Å²) in [5, 5.41) is 6.09. The first-order chi connectivity index (χ1) is 11.1. The number of benzene rings is 1. The van der Waals surface area contributed by atoms with E-state index in [9.17, 15) is 9.59 Å². The predicted octanol–water partition coefficient (Wildman–Crippen LogP) is 0.486. The summed E-state index contributed by atoms with van der Waals surface area (Å²) in [5.41, 5.74) is 2.42. The van der Waals surface area contributed by atoms with Gasteiger partial charge in [-0.15, -0.1) is 12.4 Å². The molecule has 0 spiro atoms. The smallest absolute Gasteiger partial charge is 0.245 e. The molecule has 1 saturated heterocycles. The highest BCUT2D eigenvalue weighted by Gasteiger charge is 2.28. The summed E-state index contributed by atoms with van der Waals surface area (Å²) in [6.45, 7) is 4.73. The van der Waals surface area contributed by atoms with Gasteiger partial charge >= 0.3 is 0 Å². The van der Waals surface area contributed by atoms with E-state index in [1.807, 2.05) is 12.1 Å². The lowest BCUT2D eigenvalue weighted by atomic mass is 9.95. The highest BCUT2D eigenvalue weighted by Crippen LogP contribution is 2.16. The van der Waals surface area contributed by atoms with Crippen LogP contribution in [0, 0.1) is 0 Å². The fourth-order valence-electron chi connectivity index (χ4n) is 3.07. The quantitative estimate of drug-likeness (QED) is 0.829. The molecule has 1 aromatic carbocycles. The number of nitrogens with zero attached hydrogens (tertiary/aromatic N) is 1. The largest absolute Gasteiger partial charge is 0.378 e. The van der Waals surface area contributed by atoms with Gasteiger partial charge in [-0.1, -0.05) is 24.3 Å². The molecule has 2 N–H and O–H groups in total. The second-order valence-corrected chi connectivity index (χ2v) is 6.07. The average Bonchev–Trinajstić information content (AvgIpc) is 2.61. The molecule has 0 radical (unpaired) electrons. The van der Waals surface area contributed by atoms with Crippen LogP contribution in [0.4, 0.5) is 0 Å². The number of carbonyl (C=O) groups is 2. The lowest BCUT2D eigenvalue weighted by Gasteiger charge is -2.31. The molecule has 2 heterocycles. The molecule has 3 rings (SSSR count). The molecular weight excluding hydrogens is 330 g/mol. The number of hydrogen-bond donors (Lipinski definition) is 2. The summed E-state index contributed by atoms with van der Waals surface area (Å²) >= 11 is 0. The van der Waals surface area contributed by atoms with Crippen molar-refractivity contribution in [3.05, 3.63) is 35.4 Å². The lowest BCUT2D eigenvalue weighted by Crippen LogP contribution is -2.55. The Morgan fingerprint density at radius 1 is 1.25 bits per heavy atom. The van der Waals surface area contributed by atoms with Crippen molar-refractivity contribution in [3.63, 3.8) is 0 Å². The number of hydrogen-bond acceptors (Lipinski definition) is 4. The molecule has 2 unspecified atom stereocenters. The van der Waals surface area contributed by atoms with Gasteiger partial charge in [-0.25, -0.2) is 0 Å². The third-order valence-corrected chi connectivity index (χ3v) is 4.45. The van der Waals surface area contributed by atoms with Crippen LogP contribution in [0.15, 0.2) is 24.3 Å². The van der Waals surface area contributed by atoms with Crippen LogP contribution in [-0.2, 0) is 27.3 Å². The van der Waals surface area contributed by atoms with E-state index in [0.29, 0.717) is 39.3 Å². The van der Waals surface area contributed by atoms with E-state index >= 15 is 0 Å². The second-order valence-electron chi connectivity index (χ2n) is 6.07. The summed E-state index contributed by atoms with van der Waals surface area (Å²) in [6, 6.07) is 7.32. The molecule has 2 aliphatic heterocycles. The van der Waals surface area contributed by atoms with Crippen molar-refractivity contribution < 1.29 is 14.3 Å². The Bertz CT molecular complexity index is 590. The molecule has 1 fully saturated rings. The maximum Gasteiger partial charge on any atom is 0.245 e. The zero-order valence-corrected chi connectivity index (χ0v) is 14.6. The zero-order chi connectivity index (χ0) is 16.2. The molecule has 2 aliphatic rings. The van der Waals surface area contributed by atoms with Gasteiger partial charge in [-0.05, 0) is 24.5 Å². The number of halogens is 1. The number of nitrogens with one attached hydrogen (secondary N) is 2. The van der Waals surface area contributed by atoms with Crippen LogP contribution in [0.3, 0.4) is 0 Å². The Balaban J connectivity index is 0.00000208. The van der Waals surface area contributed by atoms with Crippen LogP contribution < -0.4 is 10.6 Å². The average molecular weight is 354 g/mol. The molecule has 132 valence electrons. The Morgan fingerprint density at radius 2 is 1.92 bits per heavy atom. The molecule has 2 amide bonds. The van der Waals surface area contributed by atoms with Crippen LogP contribution in [-0.4, -0.2) is 55.1 Å². The number of ether oxygens (including phenoxy) is 1. The molecule has 0 bridgehead atoms. The van der Waals surface area contributed by atoms with Gasteiger partial charge in [0.1, 0.15) is 6.04 Å². The molecule has 0 saturated carbocycles. The molecular formula is C17H24ClN3O3. The van der Waals surface area contributed by atoms with Crippen LogP contribution in [0.25, 0.3) is 0 Å². The van der Waals surface area contributed by atoms with Gasteiger partial charge in [-0.2, -0.15) is 0 Å². The maximum atomic E-state index is 12.4. The van der Waals surface area contributed by atoms with Crippen molar-refractivity contribution in [2.24, 2.45) is 0 Å². The van der Waals surface area contributed by atoms with Crippen molar-refractivity contribution in [2.75, 3.05) is 26.3 Å². The van der Waals surface area contributed by atoms with Crippen molar-refractivity contribution >= 4 is 24.2 Å². The van der Waals surface area contributed by atoms with Gasteiger partial charge in [0.2, 0.25) is 11.8 Å². The van der Waals surface area contributed by atoms with E-state index in [4.69, 9.17) is 4.74 Å². The number of amides is 2. The molecule has 0 aliphatic carbocycles. The van der Waals surface area contributed by atoms with E-state index in [2.05, 4.69) is 22.8 Å². The van der Waals surface area contributed by atoms with Crippen LogP contribution in [0.2, 0.25) is 0 Å². The van der Waals surface area contributed by atoms with Crippen LogP contribution in [0.5, 0.6) is 0 Å². The summed E-state index contributed by atoms with van der Waals surface area (Å²) < 4.78 is 5.25. The monoisotopic (exact) mass is 353 g/mol. The third-order valence-electron chi connectivity index (χ3n) is 4.45. The SMILES string of the molecule is CC(NC(=O)C1Cc2ccccc2CN1)C(=O)N1CCOCC1.Cl. The standard InChI is InChI=1S/C17H23N3O3.ClH/c1-12(17(22)20-6-8-23-9-7-20)19-16(21)15-10-13-4-2-3-5-14(13)11-18-15;/h2-5,12,15,18H,6-11H2,1H3,(H,19,21);1H. The van der Waals surface area contributed by atoms with E-state index in [-0.39, 0.29) is 30.3 Å². The topological polar surface area (TPSA) is 70.7 Å². The van der Waals surface area contributed by atoms with Gasteiger partial charge < -0.3 is 20.3 Å². The molecule has 7 heteroatoms. The zero-order valence-electron chi connectivity index (χ0n) is 13.8. The van der Waals surface area contributed by atoms with E-state index in [0.717, 1.165) is 0 Å². The Kier molecular flexibility index (Phi) is 6.60. The lowest BCUT2D eigenvalue weighted by molar-refractivity contribution is -0.139. The van der Waals surface area contributed by atoms with Gasteiger partial charge in [0, 0.05) is 19.6 Å². The first-order valence-corrected chi connectivity index (χ1v) is 8.12. The van der Waals surface area contributed by atoms with E-state index in [1.54, 1.807) is 11.8 Å². The van der Waals surface area contributed by atoms with Gasteiger partial charge in [0.25, 0.3) is 0 Å².